The number of aryl methyl sites for hydroxylation is 1. The maximum absolute atomic E-state index is 12.3. The van der Waals surface area contributed by atoms with E-state index in [1.165, 1.54) is 0 Å². The van der Waals surface area contributed by atoms with E-state index in [4.69, 9.17) is 45.3 Å². The van der Waals surface area contributed by atoms with Gasteiger partial charge in [0.25, 0.3) is 5.91 Å². The summed E-state index contributed by atoms with van der Waals surface area (Å²) in [6.45, 7) is 1.20. The molecule has 3 N–H and O–H groups in total. The summed E-state index contributed by atoms with van der Waals surface area (Å²) < 4.78 is 6.52. The minimum absolute atomic E-state index is 0.0736. The van der Waals surface area contributed by atoms with Gasteiger partial charge in [-0.15, -0.1) is 0 Å². The van der Waals surface area contributed by atoms with Gasteiger partial charge in [0, 0.05) is 6.07 Å². The Morgan fingerprint density at radius 2 is 1.86 bits per heavy atom. The van der Waals surface area contributed by atoms with Crippen molar-refractivity contribution < 1.29 is 14.3 Å². The number of carbonyl (C=O) groups is 2. The fraction of sp³-hybridized carbons (Fsp3) is 0.111. The normalized spacial score (nSPS) is 10.6. The van der Waals surface area contributed by atoms with E-state index in [1.807, 2.05) is 30.3 Å². The number of aromatic nitrogens is 3. The molecule has 0 saturated carbocycles. The van der Waals surface area contributed by atoms with Gasteiger partial charge >= 0.3 is 5.97 Å². The van der Waals surface area contributed by atoms with E-state index in [0.29, 0.717) is 11.5 Å². The standard InChI is InChI=1S/C18H14Cl3N5O3/c1-9-7-11(26(25-9)10-5-3-2-4-6-10)23-12(27)8-29-18(28)16-13(19)15(22)14(20)17(21)24-16/h2-7H,8H2,1H3,(H2,22,24)(H,23,27). The third-order valence-electron chi connectivity index (χ3n) is 3.70. The van der Waals surface area contributed by atoms with Crippen molar-refractivity contribution in [2.24, 2.45) is 0 Å². The maximum atomic E-state index is 12.3. The molecule has 3 rings (SSSR count). The zero-order valence-electron chi connectivity index (χ0n) is 14.9. The molecule has 29 heavy (non-hydrogen) atoms. The van der Waals surface area contributed by atoms with E-state index in [1.54, 1.807) is 17.7 Å². The summed E-state index contributed by atoms with van der Waals surface area (Å²) in [4.78, 5) is 28.2. The number of carbonyl (C=O) groups excluding carboxylic acids is 2. The zero-order chi connectivity index (χ0) is 21.1. The molecule has 0 unspecified atom stereocenters. The number of esters is 1. The molecule has 0 aliphatic rings. The number of benzene rings is 1. The molecule has 150 valence electrons. The number of rotatable bonds is 5. The van der Waals surface area contributed by atoms with Crippen LogP contribution in [0.2, 0.25) is 15.2 Å². The molecular weight excluding hydrogens is 441 g/mol. The Bertz CT molecular complexity index is 1090. The van der Waals surface area contributed by atoms with Gasteiger partial charge in [-0.1, -0.05) is 53.0 Å². The summed E-state index contributed by atoms with van der Waals surface area (Å²) in [7, 11) is 0. The monoisotopic (exact) mass is 453 g/mol. The van der Waals surface area contributed by atoms with Gasteiger partial charge in [0.1, 0.15) is 10.8 Å². The summed E-state index contributed by atoms with van der Waals surface area (Å²) in [5.41, 5.74) is 6.68. The van der Waals surface area contributed by atoms with E-state index in [0.717, 1.165) is 5.69 Å². The Labute approximate surface area is 180 Å². The lowest BCUT2D eigenvalue weighted by atomic mass is 10.3. The Morgan fingerprint density at radius 3 is 2.55 bits per heavy atom. The van der Waals surface area contributed by atoms with Crippen LogP contribution in [0.15, 0.2) is 36.4 Å². The number of nitrogens with zero attached hydrogens (tertiary/aromatic N) is 3. The first-order valence-electron chi connectivity index (χ1n) is 8.17. The molecule has 2 aromatic heterocycles. The van der Waals surface area contributed by atoms with Crippen LogP contribution in [-0.2, 0) is 9.53 Å². The van der Waals surface area contributed by atoms with Crippen molar-refractivity contribution in [3.63, 3.8) is 0 Å². The van der Waals surface area contributed by atoms with Crippen LogP contribution in [0.1, 0.15) is 16.2 Å². The number of para-hydroxylation sites is 1. The van der Waals surface area contributed by atoms with Gasteiger partial charge < -0.3 is 15.8 Å². The van der Waals surface area contributed by atoms with Gasteiger partial charge in [-0.05, 0) is 19.1 Å². The van der Waals surface area contributed by atoms with Crippen LogP contribution in [-0.4, -0.2) is 33.2 Å². The lowest BCUT2D eigenvalue weighted by Crippen LogP contribution is -2.23. The van der Waals surface area contributed by atoms with Gasteiger partial charge in [-0.3, -0.25) is 4.79 Å². The first-order valence-corrected chi connectivity index (χ1v) is 9.30. The predicted octanol–water partition coefficient (Wildman–Crippen LogP) is 3.91. The minimum Gasteiger partial charge on any atom is -0.451 e. The highest BCUT2D eigenvalue weighted by atomic mass is 35.5. The largest absolute Gasteiger partial charge is 0.451 e. The molecule has 0 aliphatic heterocycles. The molecule has 0 radical (unpaired) electrons. The number of hydrogen-bond donors (Lipinski definition) is 2. The number of amides is 1. The second-order valence-corrected chi connectivity index (χ2v) is 6.95. The predicted molar refractivity (Wildman–Crippen MR) is 111 cm³/mol. The summed E-state index contributed by atoms with van der Waals surface area (Å²) in [6, 6.07) is 10.9. The Balaban J connectivity index is 1.70. The van der Waals surface area contributed by atoms with Crippen LogP contribution in [0, 0.1) is 6.92 Å². The van der Waals surface area contributed by atoms with Crippen molar-refractivity contribution in [1.29, 1.82) is 0 Å². The molecule has 0 fully saturated rings. The van der Waals surface area contributed by atoms with Gasteiger partial charge in [0.2, 0.25) is 0 Å². The number of nitrogen functional groups attached to an aromatic ring is 1. The molecule has 2 heterocycles. The molecule has 0 aliphatic carbocycles. The fourth-order valence-corrected chi connectivity index (χ4v) is 2.98. The first kappa shape index (κ1) is 20.9. The molecule has 11 heteroatoms. The number of nitrogens with two attached hydrogens (primary N) is 1. The minimum atomic E-state index is -0.969. The third-order valence-corrected chi connectivity index (χ3v) is 4.83. The number of anilines is 2. The van der Waals surface area contributed by atoms with Crippen LogP contribution in [0.5, 0.6) is 0 Å². The highest BCUT2D eigenvalue weighted by molar-refractivity contribution is 6.46. The van der Waals surface area contributed by atoms with Gasteiger partial charge in [-0.2, -0.15) is 5.10 Å². The van der Waals surface area contributed by atoms with Gasteiger partial charge in [-0.25, -0.2) is 14.5 Å². The molecule has 0 atom stereocenters. The van der Waals surface area contributed by atoms with Crippen LogP contribution >= 0.6 is 34.8 Å². The van der Waals surface area contributed by atoms with Crippen molar-refractivity contribution in [2.45, 2.75) is 6.92 Å². The molecule has 1 amide bonds. The molecule has 0 saturated heterocycles. The molecule has 1 aromatic carbocycles. The molecule has 0 bridgehead atoms. The number of halogens is 3. The van der Waals surface area contributed by atoms with Crippen LogP contribution in [0.4, 0.5) is 11.5 Å². The molecule has 8 nitrogen and oxygen atoms in total. The number of pyridine rings is 1. The summed E-state index contributed by atoms with van der Waals surface area (Å²) in [5.74, 6) is -1.13. The zero-order valence-corrected chi connectivity index (χ0v) is 17.2. The number of ether oxygens (including phenoxy) is 1. The Hall–Kier alpha value is -2.81. The average Bonchev–Trinajstić information content (AvgIpc) is 3.08. The van der Waals surface area contributed by atoms with Crippen molar-refractivity contribution >= 4 is 58.2 Å². The summed E-state index contributed by atoms with van der Waals surface area (Å²) in [6.07, 6.45) is 0. The van der Waals surface area contributed by atoms with Crippen molar-refractivity contribution in [3.05, 3.63) is 63.0 Å². The van der Waals surface area contributed by atoms with Crippen molar-refractivity contribution in [3.8, 4) is 5.69 Å². The van der Waals surface area contributed by atoms with Crippen molar-refractivity contribution in [2.75, 3.05) is 17.7 Å². The second kappa shape index (κ2) is 8.69. The Kier molecular flexibility index (Phi) is 6.26. The topological polar surface area (TPSA) is 112 Å². The SMILES string of the molecule is Cc1cc(NC(=O)COC(=O)c2nc(Cl)c(Cl)c(N)c2Cl)n(-c2ccccc2)n1. The van der Waals surface area contributed by atoms with Crippen molar-refractivity contribution in [1.82, 2.24) is 14.8 Å². The van der Waals surface area contributed by atoms with Gasteiger partial charge in [0.15, 0.2) is 17.5 Å². The van der Waals surface area contributed by atoms with Crippen LogP contribution in [0.3, 0.4) is 0 Å². The maximum Gasteiger partial charge on any atom is 0.359 e. The first-order chi connectivity index (χ1) is 13.8. The smallest absolute Gasteiger partial charge is 0.359 e. The third kappa shape index (κ3) is 4.61. The lowest BCUT2D eigenvalue weighted by molar-refractivity contribution is -0.119. The van der Waals surface area contributed by atoms with E-state index in [-0.39, 0.29) is 26.6 Å². The van der Waals surface area contributed by atoms with Gasteiger partial charge in [0.05, 0.1) is 22.1 Å². The van der Waals surface area contributed by atoms with Crippen LogP contribution < -0.4 is 11.1 Å². The quantitative estimate of drug-likeness (QED) is 0.446. The molecular formula is C18H14Cl3N5O3. The number of nitrogens with one attached hydrogen (secondary N) is 1. The highest BCUT2D eigenvalue weighted by Gasteiger charge is 2.22. The molecule has 0 spiro atoms. The molecule has 3 aromatic rings. The average molecular weight is 455 g/mol. The summed E-state index contributed by atoms with van der Waals surface area (Å²) >= 11 is 17.6. The summed E-state index contributed by atoms with van der Waals surface area (Å²) in [5, 5.41) is 6.50. The Morgan fingerprint density at radius 1 is 1.17 bits per heavy atom. The highest BCUT2D eigenvalue weighted by Crippen LogP contribution is 2.34. The lowest BCUT2D eigenvalue weighted by Gasteiger charge is -2.10. The number of hydrogen-bond acceptors (Lipinski definition) is 6. The van der Waals surface area contributed by atoms with Crippen LogP contribution in [0.25, 0.3) is 5.69 Å². The fourth-order valence-electron chi connectivity index (χ4n) is 2.40. The van der Waals surface area contributed by atoms with E-state index in [9.17, 15) is 9.59 Å². The van der Waals surface area contributed by atoms with E-state index in [2.05, 4.69) is 15.4 Å². The van der Waals surface area contributed by atoms with E-state index >= 15 is 0 Å². The van der Waals surface area contributed by atoms with E-state index < -0.39 is 18.5 Å². The second-order valence-electron chi connectivity index (χ2n) is 5.84.